The number of carbonyl (C=O) groups excluding carboxylic acids is 1. The Balaban J connectivity index is 1.88. The Labute approximate surface area is 104 Å². The fraction of sp³-hybridized carbons (Fsp3) is 0.417. The van der Waals surface area contributed by atoms with Gasteiger partial charge in [0.1, 0.15) is 18.2 Å². The van der Waals surface area contributed by atoms with Crippen LogP contribution in [-0.2, 0) is 11.3 Å². The Bertz CT molecular complexity index is 434. The molecule has 0 aromatic heterocycles. The van der Waals surface area contributed by atoms with Gasteiger partial charge < -0.3 is 15.0 Å². The van der Waals surface area contributed by atoms with E-state index in [4.69, 9.17) is 4.74 Å². The molecule has 18 heavy (non-hydrogen) atoms. The maximum Gasteiger partial charge on any atom is 0.410 e. The maximum absolute atomic E-state index is 13.3. The standard InChI is InChI=1S/C12H14F2N2O2/c13-10-2-1-9(11(14)7-10)8-18-12(17)16-5-3-15-4-6-16/h1-2,7,15H,3-6,8H2. The summed E-state index contributed by atoms with van der Waals surface area (Å²) in [5.41, 5.74) is 0.167. The number of hydrogen-bond acceptors (Lipinski definition) is 3. The van der Waals surface area contributed by atoms with E-state index in [0.29, 0.717) is 13.1 Å². The summed E-state index contributed by atoms with van der Waals surface area (Å²) >= 11 is 0. The summed E-state index contributed by atoms with van der Waals surface area (Å²) in [6.45, 7) is 2.41. The minimum atomic E-state index is -0.705. The van der Waals surface area contributed by atoms with Gasteiger partial charge in [0.05, 0.1) is 0 Å². The summed E-state index contributed by atoms with van der Waals surface area (Å²) in [6, 6.07) is 3.18. The lowest BCUT2D eigenvalue weighted by atomic mass is 10.2. The van der Waals surface area contributed by atoms with Gasteiger partial charge in [-0.25, -0.2) is 13.6 Å². The van der Waals surface area contributed by atoms with E-state index >= 15 is 0 Å². The zero-order chi connectivity index (χ0) is 13.0. The summed E-state index contributed by atoms with van der Waals surface area (Å²) in [6.07, 6.45) is -0.472. The summed E-state index contributed by atoms with van der Waals surface area (Å²) in [5, 5.41) is 3.11. The van der Waals surface area contributed by atoms with Gasteiger partial charge in [0, 0.05) is 37.8 Å². The highest BCUT2D eigenvalue weighted by Gasteiger charge is 2.17. The molecule has 0 atom stereocenters. The summed E-state index contributed by atoms with van der Waals surface area (Å²) in [7, 11) is 0. The third-order valence-corrected chi connectivity index (χ3v) is 2.74. The molecule has 0 aliphatic carbocycles. The number of ether oxygens (including phenoxy) is 1. The van der Waals surface area contributed by atoms with Gasteiger partial charge in [0.15, 0.2) is 0 Å². The van der Waals surface area contributed by atoms with Crippen molar-refractivity contribution in [1.29, 1.82) is 0 Å². The van der Waals surface area contributed by atoms with E-state index in [0.717, 1.165) is 25.2 Å². The van der Waals surface area contributed by atoms with Crippen LogP contribution in [0.1, 0.15) is 5.56 Å². The van der Waals surface area contributed by atoms with Crippen molar-refractivity contribution in [3.8, 4) is 0 Å². The Hall–Kier alpha value is -1.69. The first-order chi connectivity index (χ1) is 8.66. The average molecular weight is 256 g/mol. The van der Waals surface area contributed by atoms with E-state index in [2.05, 4.69) is 5.32 Å². The van der Waals surface area contributed by atoms with Crippen molar-refractivity contribution in [3.05, 3.63) is 35.4 Å². The van der Waals surface area contributed by atoms with E-state index in [1.54, 1.807) is 4.90 Å². The second kappa shape index (κ2) is 5.77. The predicted molar refractivity (Wildman–Crippen MR) is 61.0 cm³/mol. The van der Waals surface area contributed by atoms with Crippen molar-refractivity contribution in [1.82, 2.24) is 10.2 Å². The van der Waals surface area contributed by atoms with E-state index in [-0.39, 0.29) is 12.2 Å². The minimum absolute atomic E-state index is 0.167. The summed E-state index contributed by atoms with van der Waals surface area (Å²) in [4.78, 5) is 13.2. The van der Waals surface area contributed by atoms with E-state index < -0.39 is 17.7 Å². The second-order valence-electron chi connectivity index (χ2n) is 4.03. The van der Waals surface area contributed by atoms with Crippen LogP contribution in [0.4, 0.5) is 13.6 Å². The largest absolute Gasteiger partial charge is 0.444 e. The topological polar surface area (TPSA) is 41.6 Å². The van der Waals surface area contributed by atoms with Gasteiger partial charge in [-0.3, -0.25) is 0 Å². The molecule has 1 heterocycles. The average Bonchev–Trinajstić information content (AvgIpc) is 2.38. The SMILES string of the molecule is O=C(OCc1ccc(F)cc1F)N1CCNCC1. The number of hydrogen-bond donors (Lipinski definition) is 1. The van der Waals surface area contributed by atoms with Crippen molar-refractivity contribution in [3.63, 3.8) is 0 Å². The first-order valence-corrected chi connectivity index (χ1v) is 5.73. The van der Waals surface area contributed by atoms with Gasteiger partial charge in [-0.15, -0.1) is 0 Å². The maximum atomic E-state index is 13.3. The van der Waals surface area contributed by atoms with Crippen molar-refractivity contribution in [2.24, 2.45) is 0 Å². The van der Waals surface area contributed by atoms with Crippen molar-refractivity contribution >= 4 is 6.09 Å². The lowest BCUT2D eigenvalue weighted by Gasteiger charge is -2.26. The molecule has 1 aliphatic heterocycles. The van der Waals surface area contributed by atoms with Crippen molar-refractivity contribution < 1.29 is 18.3 Å². The number of piperazine rings is 1. The van der Waals surface area contributed by atoms with Gasteiger partial charge >= 0.3 is 6.09 Å². The number of amides is 1. The molecule has 1 aromatic rings. The fourth-order valence-electron chi connectivity index (χ4n) is 1.72. The third-order valence-electron chi connectivity index (χ3n) is 2.74. The number of nitrogens with one attached hydrogen (secondary N) is 1. The van der Waals surface area contributed by atoms with Crippen LogP contribution in [0, 0.1) is 11.6 Å². The van der Waals surface area contributed by atoms with Crippen LogP contribution < -0.4 is 5.32 Å². The van der Waals surface area contributed by atoms with Crippen LogP contribution >= 0.6 is 0 Å². The normalized spacial score (nSPS) is 15.6. The molecule has 0 spiro atoms. The van der Waals surface area contributed by atoms with Crippen LogP contribution in [0.25, 0.3) is 0 Å². The number of halogens is 2. The molecule has 6 heteroatoms. The monoisotopic (exact) mass is 256 g/mol. The quantitative estimate of drug-likeness (QED) is 0.872. The smallest absolute Gasteiger partial charge is 0.410 e. The molecule has 1 aliphatic rings. The van der Waals surface area contributed by atoms with Crippen LogP contribution in [-0.4, -0.2) is 37.2 Å². The number of nitrogens with zero attached hydrogens (tertiary/aromatic N) is 1. The minimum Gasteiger partial charge on any atom is -0.444 e. The van der Waals surface area contributed by atoms with E-state index in [1.165, 1.54) is 6.07 Å². The van der Waals surface area contributed by atoms with Crippen LogP contribution in [0.3, 0.4) is 0 Å². The molecular formula is C12H14F2N2O2. The van der Waals surface area contributed by atoms with Gasteiger partial charge in [-0.1, -0.05) is 0 Å². The highest BCUT2D eigenvalue weighted by atomic mass is 19.1. The molecule has 0 saturated carbocycles. The summed E-state index contributed by atoms with van der Waals surface area (Å²) in [5.74, 6) is -1.35. The first-order valence-electron chi connectivity index (χ1n) is 5.73. The molecular weight excluding hydrogens is 242 g/mol. The Morgan fingerprint density at radius 1 is 1.33 bits per heavy atom. The molecule has 2 rings (SSSR count). The molecule has 1 aromatic carbocycles. The highest BCUT2D eigenvalue weighted by Crippen LogP contribution is 2.11. The highest BCUT2D eigenvalue weighted by molar-refractivity contribution is 5.67. The zero-order valence-electron chi connectivity index (χ0n) is 9.79. The molecule has 1 saturated heterocycles. The molecule has 4 nitrogen and oxygen atoms in total. The second-order valence-corrected chi connectivity index (χ2v) is 4.03. The van der Waals surface area contributed by atoms with Gasteiger partial charge in [0.2, 0.25) is 0 Å². The number of carbonyl (C=O) groups is 1. The predicted octanol–water partition coefficient (Wildman–Crippen LogP) is 1.51. The van der Waals surface area contributed by atoms with Gasteiger partial charge in [-0.05, 0) is 12.1 Å². The first kappa shape index (κ1) is 12.8. The summed E-state index contributed by atoms with van der Waals surface area (Å²) < 4.78 is 30.9. The number of benzene rings is 1. The van der Waals surface area contributed by atoms with Crippen molar-refractivity contribution in [2.75, 3.05) is 26.2 Å². The van der Waals surface area contributed by atoms with Gasteiger partial charge in [-0.2, -0.15) is 0 Å². The van der Waals surface area contributed by atoms with Crippen molar-refractivity contribution in [2.45, 2.75) is 6.61 Å². The van der Waals surface area contributed by atoms with E-state index in [1.807, 2.05) is 0 Å². The van der Waals surface area contributed by atoms with Crippen LogP contribution in [0.15, 0.2) is 18.2 Å². The van der Waals surface area contributed by atoms with Crippen LogP contribution in [0.2, 0.25) is 0 Å². The van der Waals surface area contributed by atoms with Gasteiger partial charge in [0.25, 0.3) is 0 Å². The molecule has 0 radical (unpaired) electrons. The fourth-order valence-corrected chi connectivity index (χ4v) is 1.72. The Morgan fingerprint density at radius 2 is 2.06 bits per heavy atom. The lowest BCUT2D eigenvalue weighted by Crippen LogP contribution is -2.46. The van der Waals surface area contributed by atoms with Crippen LogP contribution in [0.5, 0.6) is 0 Å². The number of rotatable bonds is 2. The molecule has 1 N–H and O–H groups in total. The zero-order valence-corrected chi connectivity index (χ0v) is 9.79. The molecule has 0 bridgehead atoms. The molecule has 1 amide bonds. The van der Waals surface area contributed by atoms with E-state index in [9.17, 15) is 13.6 Å². The Kier molecular flexibility index (Phi) is 4.09. The molecule has 0 unspecified atom stereocenters. The molecule has 1 fully saturated rings. The molecule has 98 valence electrons. The Morgan fingerprint density at radius 3 is 2.72 bits per heavy atom. The lowest BCUT2D eigenvalue weighted by molar-refractivity contribution is 0.0909. The third kappa shape index (κ3) is 3.16.